The van der Waals surface area contributed by atoms with E-state index in [9.17, 15) is 4.57 Å². The van der Waals surface area contributed by atoms with Crippen LogP contribution in [0.5, 0.6) is 0 Å². The van der Waals surface area contributed by atoms with E-state index in [2.05, 4.69) is 15.3 Å². The molecule has 0 bridgehead atoms. The van der Waals surface area contributed by atoms with Gasteiger partial charge in [0.2, 0.25) is 5.89 Å². The molecule has 1 N–H and O–H groups in total. The zero-order valence-corrected chi connectivity index (χ0v) is 16.9. The van der Waals surface area contributed by atoms with Gasteiger partial charge in [-0.2, -0.15) is 0 Å². The average Bonchev–Trinajstić information content (AvgIpc) is 3.27. The maximum Gasteiger partial charge on any atom is 0.436 e. The molecule has 0 saturated heterocycles. The quantitative estimate of drug-likeness (QED) is 0.347. The molecule has 0 aliphatic rings. The molecule has 1 aromatic heterocycles. The van der Waals surface area contributed by atoms with Gasteiger partial charge >= 0.3 is 13.8 Å². The normalized spacial score (nSPS) is 11.3. The fourth-order valence-electron chi connectivity index (χ4n) is 2.65. The van der Waals surface area contributed by atoms with Crippen LogP contribution in [0.3, 0.4) is 0 Å². The van der Waals surface area contributed by atoms with Gasteiger partial charge in [0.05, 0.1) is 13.2 Å². The summed E-state index contributed by atoms with van der Waals surface area (Å²) in [7, 11) is -3.80. The number of rotatable bonds is 9. The SMILES string of the molecule is O=P(Nc1nnc(-c2ccccc2)o1)(OCc1ccccc1)OCc1ccccc1. The van der Waals surface area contributed by atoms with Crippen molar-refractivity contribution in [3.8, 4) is 11.5 Å². The Hall–Kier alpha value is -3.25. The maximum absolute atomic E-state index is 13.4. The molecule has 152 valence electrons. The standard InChI is InChI=1S/C22H20N3O4P/c26-30(27-16-18-10-4-1-5-11-18,28-17-19-12-6-2-7-13-19)25-22-24-23-21(29-22)20-14-8-3-9-15-20/h1-15H,16-17H2,(H,24,25,26). The van der Waals surface area contributed by atoms with Crippen molar-refractivity contribution < 1.29 is 18.0 Å². The van der Waals surface area contributed by atoms with Crippen molar-refractivity contribution in [2.45, 2.75) is 13.2 Å². The third kappa shape index (κ3) is 5.42. The lowest BCUT2D eigenvalue weighted by Crippen LogP contribution is -2.06. The fraction of sp³-hybridized carbons (Fsp3) is 0.0909. The average molecular weight is 421 g/mol. The highest BCUT2D eigenvalue weighted by Crippen LogP contribution is 2.49. The first-order chi connectivity index (χ1) is 14.7. The molecule has 0 amide bonds. The minimum atomic E-state index is -3.80. The van der Waals surface area contributed by atoms with Crippen LogP contribution in [0.4, 0.5) is 6.01 Å². The van der Waals surface area contributed by atoms with Gasteiger partial charge in [-0.1, -0.05) is 84.0 Å². The van der Waals surface area contributed by atoms with Gasteiger partial charge in [-0.3, -0.25) is 9.05 Å². The number of nitrogens with zero attached hydrogens (tertiary/aromatic N) is 2. The molecular weight excluding hydrogens is 401 g/mol. The van der Waals surface area contributed by atoms with Crippen LogP contribution in [0.1, 0.15) is 11.1 Å². The summed E-state index contributed by atoms with van der Waals surface area (Å²) in [5.74, 6) is 0.302. The van der Waals surface area contributed by atoms with Crippen molar-refractivity contribution in [3.63, 3.8) is 0 Å². The highest BCUT2D eigenvalue weighted by atomic mass is 31.2. The number of benzene rings is 3. The first-order valence-electron chi connectivity index (χ1n) is 9.34. The Morgan fingerprint density at radius 1 is 0.733 bits per heavy atom. The summed E-state index contributed by atoms with van der Waals surface area (Å²) in [6, 6.07) is 28.1. The lowest BCUT2D eigenvalue weighted by molar-refractivity contribution is 0.195. The molecule has 0 atom stereocenters. The van der Waals surface area contributed by atoms with E-state index in [-0.39, 0.29) is 19.2 Å². The van der Waals surface area contributed by atoms with E-state index in [1.54, 1.807) is 0 Å². The van der Waals surface area contributed by atoms with E-state index in [0.29, 0.717) is 5.89 Å². The molecule has 0 aliphatic carbocycles. The molecule has 0 unspecified atom stereocenters. The molecule has 0 saturated carbocycles. The van der Waals surface area contributed by atoms with Crippen LogP contribution in [0.25, 0.3) is 11.5 Å². The van der Waals surface area contributed by atoms with Crippen LogP contribution in [-0.4, -0.2) is 10.2 Å². The molecule has 1 heterocycles. The summed E-state index contributed by atoms with van der Waals surface area (Å²) in [6.45, 7) is 0.194. The second-order valence-corrected chi connectivity index (χ2v) is 8.14. The first-order valence-corrected chi connectivity index (χ1v) is 10.9. The first kappa shape index (κ1) is 20.0. The molecular formula is C22H20N3O4P. The van der Waals surface area contributed by atoms with Gasteiger partial charge in [-0.05, 0) is 23.3 Å². The van der Waals surface area contributed by atoms with Gasteiger partial charge in [0.1, 0.15) is 0 Å². The maximum atomic E-state index is 13.4. The Kier molecular flexibility index (Phi) is 6.35. The molecule has 8 heteroatoms. The van der Waals surface area contributed by atoms with Gasteiger partial charge in [0.15, 0.2) is 0 Å². The Bertz CT molecular complexity index is 1060. The van der Waals surface area contributed by atoms with Crippen molar-refractivity contribution in [2.24, 2.45) is 0 Å². The predicted octanol–water partition coefficient (Wildman–Crippen LogP) is 5.69. The Labute approximate surface area is 174 Å². The lowest BCUT2D eigenvalue weighted by Gasteiger charge is -2.18. The summed E-state index contributed by atoms with van der Waals surface area (Å²) in [5, 5.41) is 10.6. The molecule has 0 aliphatic heterocycles. The number of hydrogen-bond donors (Lipinski definition) is 1. The Morgan fingerprint density at radius 3 is 1.77 bits per heavy atom. The van der Waals surface area contributed by atoms with Gasteiger partial charge in [-0.15, -0.1) is 5.10 Å². The van der Waals surface area contributed by atoms with E-state index in [1.165, 1.54) is 0 Å². The number of aromatic nitrogens is 2. The van der Waals surface area contributed by atoms with Crippen molar-refractivity contribution >= 4 is 13.8 Å². The third-order valence-corrected chi connectivity index (χ3v) is 5.57. The molecule has 3 aromatic carbocycles. The van der Waals surface area contributed by atoms with Gasteiger partial charge < -0.3 is 4.42 Å². The van der Waals surface area contributed by atoms with E-state index < -0.39 is 7.75 Å². The van der Waals surface area contributed by atoms with Crippen LogP contribution in [0.15, 0.2) is 95.4 Å². The van der Waals surface area contributed by atoms with Gasteiger partial charge in [0, 0.05) is 5.56 Å². The molecule has 30 heavy (non-hydrogen) atoms. The molecule has 7 nitrogen and oxygen atoms in total. The summed E-state index contributed by atoms with van der Waals surface area (Å²) in [4.78, 5) is 0. The molecule has 0 spiro atoms. The summed E-state index contributed by atoms with van der Waals surface area (Å²) in [5.41, 5.74) is 2.47. The minimum absolute atomic E-state index is 0.0432. The topological polar surface area (TPSA) is 86.5 Å². The third-order valence-electron chi connectivity index (χ3n) is 4.17. The Morgan fingerprint density at radius 2 is 1.23 bits per heavy atom. The largest absolute Gasteiger partial charge is 0.436 e. The fourth-order valence-corrected chi connectivity index (χ4v) is 3.82. The number of hydrogen-bond acceptors (Lipinski definition) is 6. The second kappa shape index (κ2) is 9.50. The highest BCUT2D eigenvalue weighted by molar-refractivity contribution is 7.55. The predicted molar refractivity (Wildman–Crippen MR) is 113 cm³/mol. The van der Waals surface area contributed by atoms with Crippen LogP contribution in [0, 0.1) is 0 Å². The summed E-state index contributed by atoms with van der Waals surface area (Å²) in [6.07, 6.45) is 0. The molecule has 0 radical (unpaired) electrons. The van der Waals surface area contributed by atoms with E-state index in [0.717, 1.165) is 16.7 Å². The lowest BCUT2D eigenvalue weighted by atomic mass is 10.2. The highest BCUT2D eigenvalue weighted by Gasteiger charge is 2.28. The van der Waals surface area contributed by atoms with Crippen molar-refractivity contribution in [2.75, 3.05) is 5.09 Å². The monoisotopic (exact) mass is 421 g/mol. The van der Waals surface area contributed by atoms with Gasteiger partial charge in [-0.25, -0.2) is 9.65 Å². The van der Waals surface area contributed by atoms with E-state index in [4.69, 9.17) is 13.5 Å². The molecule has 4 rings (SSSR count). The van der Waals surface area contributed by atoms with Crippen LogP contribution < -0.4 is 5.09 Å². The van der Waals surface area contributed by atoms with E-state index >= 15 is 0 Å². The van der Waals surface area contributed by atoms with Crippen molar-refractivity contribution in [3.05, 3.63) is 102 Å². The Balaban J connectivity index is 1.50. The van der Waals surface area contributed by atoms with Crippen molar-refractivity contribution in [1.29, 1.82) is 0 Å². The van der Waals surface area contributed by atoms with Crippen LogP contribution >= 0.6 is 7.75 Å². The number of nitrogens with one attached hydrogen (secondary N) is 1. The van der Waals surface area contributed by atoms with Gasteiger partial charge in [0.25, 0.3) is 0 Å². The second-order valence-electron chi connectivity index (χ2n) is 6.41. The summed E-state index contributed by atoms with van der Waals surface area (Å²) < 4.78 is 30.3. The molecule has 0 fully saturated rings. The van der Waals surface area contributed by atoms with Crippen LogP contribution in [0.2, 0.25) is 0 Å². The minimum Gasteiger partial charge on any atom is -0.403 e. The summed E-state index contributed by atoms with van der Waals surface area (Å²) >= 11 is 0. The smallest absolute Gasteiger partial charge is 0.403 e. The zero-order valence-electron chi connectivity index (χ0n) is 16.0. The van der Waals surface area contributed by atoms with Crippen LogP contribution in [-0.2, 0) is 26.8 Å². The number of anilines is 1. The van der Waals surface area contributed by atoms with Crippen molar-refractivity contribution in [1.82, 2.24) is 10.2 Å². The zero-order chi connectivity index (χ0) is 20.7. The molecule has 4 aromatic rings. The van der Waals surface area contributed by atoms with E-state index in [1.807, 2.05) is 91.0 Å².